The maximum atomic E-state index is 12.2. The molecule has 0 atom stereocenters. The van der Waals surface area contributed by atoms with Crippen LogP contribution >= 0.6 is 0 Å². The first-order valence-corrected chi connectivity index (χ1v) is 9.36. The Morgan fingerprint density at radius 1 is 1.07 bits per heavy atom. The molecule has 1 N–H and O–H groups in total. The monoisotopic (exact) mass is 375 g/mol. The van der Waals surface area contributed by atoms with Crippen LogP contribution in [0.5, 0.6) is 5.75 Å². The van der Waals surface area contributed by atoms with Crippen molar-refractivity contribution < 1.29 is 14.3 Å². The number of pyridine rings is 1. The van der Waals surface area contributed by atoms with Crippen LogP contribution in [0.1, 0.15) is 19.3 Å². The minimum atomic E-state index is -0.243. The highest BCUT2D eigenvalue weighted by Gasteiger charge is 2.19. The van der Waals surface area contributed by atoms with Crippen molar-refractivity contribution in [1.29, 1.82) is 0 Å². The Balaban J connectivity index is 1.33. The second kappa shape index (κ2) is 8.08. The molecule has 1 aliphatic rings. The molecule has 4 rings (SSSR count). The highest BCUT2D eigenvalue weighted by Crippen LogP contribution is 2.23. The van der Waals surface area contributed by atoms with Crippen LogP contribution in [0, 0.1) is 0 Å². The molecule has 0 bridgehead atoms. The molecule has 2 amide bonds. The molecule has 0 unspecified atom stereocenters. The number of nitrogens with one attached hydrogen (secondary N) is 1. The Morgan fingerprint density at radius 2 is 1.93 bits per heavy atom. The lowest BCUT2D eigenvalue weighted by Crippen LogP contribution is -2.35. The van der Waals surface area contributed by atoms with Gasteiger partial charge >= 0.3 is 0 Å². The molecule has 1 aliphatic heterocycles. The molecule has 0 saturated carbocycles. The normalized spacial score (nSPS) is 14.1. The topological polar surface area (TPSA) is 71.5 Å². The van der Waals surface area contributed by atoms with Crippen molar-refractivity contribution in [3.8, 4) is 5.75 Å². The number of amides is 2. The summed E-state index contributed by atoms with van der Waals surface area (Å²) in [7, 11) is 0. The number of piperidine rings is 1. The Kier molecular flexibility index (Phi) is 5.19. The number of fused-ring (bicyclic) bond motifs is 1. The fourth-order valence-electron chi connectivity index (χ4n) is 3.30. The predicted octanol–water partition coefficient (Wildman–Crippen LogP) is 3.77. The number of anilines is 2. The van der Waals surface area contributed by atoms with Gasteiger partial charge in [-0.2, -0.15) is 0 Å². The number of carbonyl (C=O) groups is 2. The summed E-state index contributed by atoms with van der Waals surface area (Å²) >= 11 is 0. The van der Waals surface area contributed by atoms with Gasteiger partial charge in [0.25, 0.3) is 5.91 Å². The number of hydrogen-bond donors (Lipinski definition) is 1. The van der Waals surface area contributed by atoms with Gasteiger partial charge in [0.2, 0.25) is 5.91 Å². The third kappa shape index (κ3) is 4.11. The zero-order chi connectivity index (χ0) is 19.3. The second-order valence-electron chi connectivity index (χ2n) is 6.77. The van der Waals surface area contributed by atoms with Gasteiger partial charge in [0.15, 0.2) is 6.61 Å². The number of rotatable bonds is 5. The van der Waals surface area contributed by atoms with Gasteiger partial charge in [-0.25, -0.2) is 0 Å². The molecule has 142 valence electrons. The van der Waals surface area contributed by atoms with Crippen LogP contribution in [-0.2, 0) is 9.59 Å². The summed E-state index contributed by atoms with van der Waals surface area (Å²) in [6, 6.07) is 14.9. The van der Waals surface area contributed by atoms with Crippen LogP contribution in [0.4, 0.5) is 11.4 Å². The first kappa shape index (κ1) is 18.0. The van der Waals surface area contributed by atoms with Crippen LogP contribution in [0.2, 0.25) is 0 Å². The fourth-order valence-corrected chi connectivity index (χ4v) is 3.30. The van der Waals surface area contributed by atoms with Crippen molar-refractivity contribution in [2.24, 2.45) is 0 Å². The first-order chi connectivity index (χ1) is 13.7. The van der Waals surface area contributed by atoms with Gasteiger partial charge in [0.05, 0.1) is 0 Å². The van der Waals surface area contributed by atoms with Gasteiger partial charge in [-0.1, -0.05) is 6.07 Å². The number of hydrogen-bond acceptors (Lipinski definition) is 4. The number of ether oxygens (including phenoxy) is 1. The van der Waals surface area contributed by atoms with Crippen LogP contribution in [-0.4, -0.2) is 29.9 Å². The van der Waals surface area contributed by atoms with E-state index >= 15 is 0 Å². The fraction of sp³-hybridized carbons (Fsp3) is 0.227. The van der Waals surface area contributed by atoms with E-state index < -0.39 is 0 Å². The lowest BCUT2D eigenvalue weighted by molar-refractivity contribution is -0.119. The van der Waals surface area contributed by atoms with Crippen molar-refractivity contribution in [3.63, 3.8) is 0 Å². The molecular weight excluding hydrogens is 354 g/mol. The standard InChI is InChI=1S/C22H21N3O3/c26-21(15-28-20-9-4-16-10-11-23-14-17(16)13-20)24-18-5-7-19(8-6-18)25-12-2-1-3-22(25)27/h4-11,13-14H,1-3,12,15H2,(H,24,26). The molecule has 1 saturated heterocycles. The SMILES string of the molecule is O=C(COc1ccc2ccncc2c1)Nc1ccc(N2CCCCC2=O)cc1. The number of aromatic nitrogens is 1. The molecule has 0 aliphatic carbocycles. The Bertz CT molecular complexity index is 1000. The average Bonchev–Trinajstić information content (AvgIpc) is 2.73. The Hall–Kier alpha value is -3.41. The summed E-state index contributed by atoms with van der Waals surface area (Å²) in [5.41, 5.74) is 1.54. The smallest absolute Gasteiger partial charge is 0.262 e. The lowest BCUT2D eigenvalue weighted by Gasteiger charge is -2.26. The largest absolute Gasteiger partial charge is 0.484 e. The number of carbonyl (C=O) groups excluding carboxylic acids is 2. The van der Waals surface area contributed by atoms with Crippen LogP contribution in [0.25, 0.3) is 10.8 Å². The predicted molar refractivity (Wildman–Crippen MR) is 109 cm³/mol. The summed E-state index contributed by atoms with van der Waals surface area (Å²) < 4.78 is 5.59. The molecule has 1 fully saturated rings. The van der Waals surface area contributed by atoms with Crippen molar-refractivity contribution in [2.75, 3.05) is 23.4 Å². The maximum absolute atomic E-state index is 12.2. The summed E-state index contributed by atoms with van der Waals surface area (Å²) in [5, 5.41) is 4.84. The molecule has 3 aromatic rings. The third-order valence-corrected chi connectivity index (χ3v) is 4.77. The summed E-state index contributed by atoms with van der Waals surface area (Å²) in [4.78, 5) is 30.1. The highest BCUT2D eigenvalue weighted by atomic mass is 16.5. The summed E-state index contributed by atoms with van der Waals surface area (Å²) in [6.07, 6.45) is 6.07. The zero-order valence-corrected chi connectivity index (χ0v) is 15.4. The molecule has 1 aromatic heterocycles. The van der Waals surface area contributed by atoms with Gasteiger partial charge in [0.1, 0.15) is 5.75 Å². The molecule has 6 heteroatoms. The van der Waals surface area contributed by atoms with E-state index in [1.165, 1.54) is 0 Å². The van der Waals surface area contributed by atoms with Crippen molar-refractivity contribution in [3.05, 3.63) is 60.9 Å². The Labute approximate surface area is 163 Å². The molecular formula is C22H21N3O3. The molecule has 0 radical (unpaired) electrons. The van der Waals surface area contributed by atoms with Gasteiger partial charge < -0.3 is 15.0 Å². The van der Waals surface area contributed by atoms with E-state index in [-0.39, 0.29) is 18.4 Å². The van der Waals surface area contributed by atoms with Gasteiger partial charge in [0, 0.05) is 42.1 Å². The van der Waals surface area contributed by atoms with E-state index in [9.17, 15) is 9.59 Å². The van der Waals surface area contributed by atoms with Crippen LogP contribution in [0.15, 0.2) is 60.9 Å². The van der Waals surface area contributed by atoms with Crippen molar-refractivity contribution in [1.82, 2.24) is 4.98 Å². The van der Waals surface area contributed by atoms with Crippen LogP contribution < -0.4 is 15.0 Å². The van der Waals surface area contributed by atoms with Crippen LogP contribution in [0.3, 0.4) is 0 Å². The van der Waals surface area contributed by atoms with E-state index in [4.69, 9.17) is 4.74 Å². The lowest BCUT2D eigenvalue weighted by atomic mass is 10.1. The molecule has 2 aromatic carbocycles. The number of benzene rings is 2. The number of nitrogens with zero attached hydrogens (tertiary/aromatic N) is 2. The summed E-state index contributed by atoms with van der Waals surface area (Å²) in [6.45, 7) is 0.664. The van der Waals surface area contributed by atoms with Gasteiger partial charge in [-0.3, -0.25) is 14.6 Å². The van der Waals surface area contributed by atoms with E-state index in [0.29, 0.717) is 17.9 Å². The van der Waals surface area contributed by atoms with E-state index in [2.05, 4.69) is 10.3 Å². The molecule has 2 heterocycles. The quantitative estimate of drug-likeness (QED) is 0.737. The van der Waals surface area contributed by atoms with Crippen molar-refractivity contribution in [2.45, 2.75) is 19.3 Å². The molecule has 28 heavy (non-hydrogen) atoms. The minimum Gasteiger partial charge on any atom is -0.484 e. The van der Waals surface area contributed by atoms with Gasteiger partial charge in [-0.05, 0) is 60.7 Å². The highest BCUT2D eigenvalue weighted by molar-refractivity contribution is 5.95. The zero-order valence-electron chi connectivity index (χ0n) is 15.4. The molecule has 0 spiro atoms. The molecule has 6 nitrogen and oxygen atoms in total. The Morgan fingerprint density at radius 3 is 2.75 bits per heavy atom. The van der Waals surface area contributed by atoms with E-state index in [1.807, 2.05) is 36.4 Å². The van der Waals surface area contributed by atoms with Crippen molar-refractivity contribution >= 4 is 34.0 Å². The maximum Gasteiger partial charge on any atom is 0.262 e. The minimum absolute atomic E-state index is 0.0852. The second-order valence-corrected chi connectivity index (χ2v) is 6.77. The summed E-state index contributed by atoms with van der Waals surface area (Å²) in [5.74, 6) is 0.532. The average molecular weight is 375 g/mol. The first-order valence-electron chi connectivity index (χ1n) is 9.36. The van der Waals surface area contributed by atoms with Gasteiger partial charge in [-0.15, -0.1) is 0 Å². The van der Waals surface area contributed by atoms with E-state index in [0.717, 1.165) is 35.8 Å². The van der Waals surface area contributed by atoms with E-state index in [1.54, 1.807) is 29.4 Å². The third-order valence-electron chi connectivity index (χ3n) is 4.77.